The van der Waals surface area contributed by atoms with E-state index in [0.717, 1.165) is 19.5 Å². The van der Waals surface area contributed by atoms with Crippen molar-refractivity contribution in [3.63, 3.8) is 0 Å². The van der Waals surface area contributed by atoms with Gasteiger partial charge in [0.05, 0.1) is 31.6 Å². The summed E-state index contributed by atoms with van der Waals surface area (Å²) in [7, 11) is 0. The molecular weight excluding hydrogens is 227 g/mol. The fourth-order valence-electron chi connectivity index (χ4n) is 1.49. The number of hydrogen-bond donors (Lipinski definition) is 2. The van der Waals surface area contributed by atoms with E-state index in [1.54, 1.807) is 6.34 Å². The largest absolute Gasteiger partial charge is 0.394 e. The topological polar surface area (TPSA) is 56.1 Å². The van der Waals surface area contributed by atoms with Crippen LogP contribution in [0.5, 0.6) is 0 Å². The molecule has 0 aromatic carbocycles. The molecule has 0 saturated heterocycles. The van der Waals surface area contributed by atoms with E-state index in [0.29, 0.717) is 0 Å². The van der Waals surface area contributed by atoms with Gasteiger partial charge in [-0.2, -0.15) is 0 Å². The van der Waals surface area contributed by atoms with Crippen LogP contribution in [-0.4, -0.2) is 53.3 Å². The SMILES string of the molecule is CCC(C(O)CO)N1C=NCC1.Cl.Cl. The summed E-state index contributed by atoms with van der Waals surface area (Å²) in [6, 6.07) is 0.0150. The molecule has 0 aromatic rings. The highest BCUT2D eigenvalue weighted by Gasteiger charge is 2.23. The van der Waals surface area contributed by atoms with Gasteiger partial charge in [0.25, 0.3) is 0 Å². The van der Waals surface area contributed by atoms with Gasteiger partial charge in [0, 0.05) is 6.54 Å². The van der Waals surface area contributed by atoms with Crippen LogP contribution in [0.2, 0.25) is 0 Å². The summed E-state index contributed by atoms with van der Waals surface area (Å²) in [6.45, 7) is 3.47. The second-order valence-corrected chi connectivity index (χ2v) is 2.98. The number of halogens is 2. The minimum absolute atomic E-state index is 0. The Labute approximate surface area is 96.8 Å². The lowest BCUT2D eigenvalue weighted by Crippen LogP contribution is -2.43. The second-order valence-electron chi connectivity index (χ2n) is 2.98. The molecule has 1 aliphatic heterocycles. The Hall–Kier alpha value is -0.0300. The van der Waals surface area contributed by atoms with Crippen molar-refractivity contribution in [1.82, 2.24) is 4.90 Å². The first kappa shape index (κ1) is 16.4. The first-order valence-corrected chi connectivity index (χ1v) is 4.34. The highest BCUT2D eigenvalue weighted by molar-refractivity contribution is 5.85. The minimum Gasteiger partial charge on any atom is -0.394 e. The van der Waals surface area contributed by atoms with Gasteiger partial charge in [-0.05, 0) is 6.42 Å². The number of rotatable bonds is 4. The van der Waals surface area contributed by atoms with Gasteiger partial charge in [-0.3, -0.25) is 4.99 Å². The highest BCUT2D eigenvalue weighted by atomic mass is 35.5. The smallest absolute Gasteiger partial charge is 0.0973 e. The third-order valence-corrected chi connectivity index (χ3v) is 2.19. The van der Waals surface area contributed by atoms with Crippen molar-refractivity contribution in [2.24, 2.45) is 4.99 Å². The van der Waals surface area contributed by atoms with Gasteiger partial charge in [0.15, 0.2) is 0 Å². The molecule has 0 aliphatic carbocycles. The number of hydrogen-bond acceptors (Lipinski definition) is 4. The summed E-state index contributed by atoms with van der Waals surface area (Å²) in [5.41, 5.74) is 0. The van der Waals surface area contributed by atoms with Crippen molar-refractivity contribution in [1.29, 1.82) is 0 Å². The van der Waals surface area contributed by atoms with Crippen molar-refractivity contribution in [3.05, 3.63) is 0 Å². The summed E-state index contributed by atoms with van der Waals surface area (Å²) < 4.78 is 0. The van der Waals surface area contributed by atoms with Gasteiger partial charge in [-0.25, -0.2) is 0 Å². The van der Waals surface area contributed by atoms with E-state index in [2.05, 4.69) is 4.99 Å². The molecule has 1 rings (SSSR count). The average Bonchev–Trinajstić information content (AvgIpc) is 2.58. The summed E-state index contributed by atoms with van der Waals surface area (Å²) in [5.74, 6) is 0. The fraction of sp³-hybridized carbons (Fsp3) is 0.875. The molecule has 4 nitrogen and oxygen atoms in total. The standard InChI is InChI=1S/C8H16N2O2.2ClH/c1-2-7(8(12)5-11)10-4-3-9-6-10;;/h6-8,11-12H,2-5H2,1H3;2*1H. The Balaban J connectivity index is 0. The van der Waals surface area contributed by atoms with Crippen LogP contribution in [-0.2, 0) is 0 Å². The molecular formula is C8H18Cl2N2O2. The molecule has 6 heteroatoms. The van der Waals surface area contributed by atoms with Crippen molar-refractivity contribution >= 4 is 31.2 Å². The van der Waals surface area contributed by atoms with E-state index in [4.69, 9.17) is 5.11 Å². The second kappa shape index (κ2) is 8.29. The number of aliphatic imine (C=N–C) groups is 1. The van der Waals surface area contributed by atoms with Crippen molar-refractivity contribution < 1.29 is 10.2 Å². The summed E-state index contributed by atoms with van der Waals surface area (Å²) in [6.07, 6.45) is 1.93. The molecule has 0 saturated carbocycles. The summed E-state index contributed by atoms with van der Waals surface area (Å²) >= 11 is 0. The van der Waals surface area contributed by atoms with E-state index in [9.17, 15) is 5.11 Å². The molecule has 2 atom stereocenters. The van der Waals surface area contributed by atoms with Crippen LogP contribution < -0.4 is 0 Å². The van der Waals surface area contributed by atoms with Crippen molar-refractivity contribution in [2.75, 3.05) is 19.7 Å². The Morgan fingerprint density at radius 1 is 1.50 bits per heavy atom. The highest BCUT2D eigenvalue weighted by Crippen LogP contribution is 2.09. The third kappa shape index (κ3) is 4.00. The van der Waals surface area contributed by atoms with Crippen LogP contribution in [0.25, 0.3) is 0 Å². The monoisotopic (exact) mass is 244 g/mol. The Morgan fingerprint density at radius 2 is 2.14 bits per heavy atom. The normalized spacial score (nSPS) is 18.4. The van der Waals surface area contributed by atoms with Crippen LogP contribution in [0, 0.1) is 0 Å². The molecule has 0 fully saturated rings. The molecule has 0 bridgehead atoms. The van der Waals surface area contributed by atoms with Crippen LogP contribution in [0.1, 0.15) is 13.3 Å². The number of aliphatic hydroxyl groups is 2. The molecule has 0 aromatic heterocycles. The molecule has 2 unspecified atom stereocenters. The summed E-state index contributed by atoms with van der Waals surface area (Å²) in [5, 5.41) is 18.2. The van der Waals surface area contributed by atoms with Crippen LogP contribution >= 0.6 is 24.8 Å². The lowest BCUT2D eigenvalue weighted by atomic mass is 10.1. The molecule has 0 amide bonds. The quantitative estimate of drug-likeness (QED) is 0.749. The molecule has 14 heavy (non-hydrogen) atoms. The van der Waals surface area contributed by atoms with E-state index < -0.39 is 6.10 Å². The van der Waals surface area contributed by atoms with Gasteiger partial charge >= 0.3 is 0 Å². The Bertz CT molecular complexity index is 169. The third-order valence-electron chi connectivity index (χ3n) is 2.19. The van der Waals surface area contributed by atoms with Gasteiger partial charge < -0.3 is 15.1 Å². The van der Waals surface area contributed by atoms with Crippen LogP contribution in [0.3, 0.4) is 0 Å². The maximum absolute atomic E-state index is 9.42. The lowest BCUT2D eigenvalue weighted by molar-refractivity contribution is 0.0366. The Morgan fingerprint density at radius 3 is 2.50 bits per heavy atom. The van der Waals surface area contributed by atoms with Gasteiger partial charge in [0.1, 0.15) is 0 Å². The van der Waals surface area contributed by atoms with Gasteiger partial charge in [0.2, 0.25) is 0 Å². The summed E-state index contributed by atoms with van der Waals surface area (Å²) in [4.78, 5) is 6.05. The van der Waals surface area contributed by atoms with E-state index >= 15 is 0 Å². The van der Waals surface area contributed by atoms with E-state index in [1.807, 2.05) is 11.8 Å². The zero-order valence-electron chi connectivity index (χ0n) is 8.17. The lowest BCUT2D eigenvalue weighted by Gasteiger charge is -2.28. The molecule has 0 radical (unpaired) electrons. The Kier molecular flexibility index (Phi) is 9.72. The molecule has 86 valence electrons. The van der Waals surface area contributed by atoms with Gasteiger partial charge in [-0.1, -0.05) is 6.92 Å². The van der Waals surface area contributed by atoms with Crippen molar-refractivity contribution in [3.8, 4) is 0 Å². The predicted molar refractivity (Wildman–Crippen MR) is 61.7 cm³/mol. The number of aliphatic hydroxyl groups excluding tert-OH is 2. The maximum Gasteiger partial charge on any atom is 0.0973 e. The average molecular weight is 245 g/mol. The zero-order valence-corrected chi connectivity index (χ0v) is 9.80. The van der Waals surface area contributed by atoms with E-state index in [1.165, 1.54) is 0 Å². The molecule has 0 spiro atoms. The maximum atomic E-state index is 9.42. The first-order valence-electron chi connectivity index (χ1n) is 4.34. The fourth-order valence-corrected chi connectivity index (χ4v) is 1.49. The van der Waals surface area contributed by atoms with Gasteiger partial charge in [-0.15, -0.1) is 24.8 Å². The first-order chi connectivity index (χ1) is 5.79. The minimum atomic E-state index is -0.653. The van der Waals surface area contributed by atoms with Crippen molar-refractivity contribution in [2.45, 2.75) is 25.5 Å². The van der Waals surface area contributed by atoms with E-state index in [-0.39, 0.29) is 37.5 Å². The molecule has 1 heterocycles. The van der Waals surface area contributed by atoms with Crippen LogP contribution in [0.15, 0.2) is 4.99 Å². The number of nitrogens with zero attached hydrogens (tertiary/aromatic N) is 2. The molecule has 2 N–H and O–H groups in total. The van der Waals surface area contributed by atoms with Crippen LogP contribution in [0.4, 0.5) is 0 Å². The predicted octanol–water partition coefficient (Wildman–Crippen LogP) is 0.306. The zero-order chi connectivity index (χ0) is 8.97. The molecule has 1 aliphatic rings.